The van der Waals surface area contributed by atoms with E-state index in [0.29, 0.717) is 12.3 Å². The van der Waals surface area contributed by atoms with Gasteiger partial charge in [0.2, 0.25) is 5.91 Å². The smallest absolute Gasteiger partial charge is 0.408 e. The van der Waals surface area contributed by atoms with Crippen LogP contribution in [-0.4, -0.2) is 24.1 Å². The zero-order chi connectivity index (χ0) is 19.1. The third kappa shape index (κ3) is 6.13. The van der Waals surface area contributed by atoms with E-state index in [0.717, 1.165) is 24.0 Å². The molecule has 2 aromatic carbocycles. The van der Waals surface area contributed by atoms with Gasteiger partial charge in [-0.25, -0.2) is 4.79 Å². The number of amides is 2. The number of carbonyl (C=O) groups excluding carboxylic acids is 2. The van der Waals surface area contributed by atoms with Gasteiger partial charge in [0.15, 0.2) is 0 Å². The summed E-state index contributed by atoms with van der Waals surface area (Å²) in [6.45, 7) is 2.19. The van der Waals surface area contributed by atoms with Crippen molar-refractivity contribution in [3.8, 4) is 0 Å². The molecular weight excluding hydrogens is 340 g/mol. The first-order valence-corrected chi connectivity index (χ1v) is 9.43. The van der Waals surface area contributed by atoms with Crippen molar-refractivity contribution >= 4 is 12.0 Å². The van der Waals surface area contributed by atoms with Gasteiger partial charge in [-0.2, -0.15) is 0 Å². The van der Waals surface area contributed by atoms with Gasteiger partial charge in [-0.3, -0.25) is 4.79 Å². The first-order chi connectivity index (χ1) is 13.1. The first-order valence-electron chi connectivity index (χ1n) is 9.43. The van der Waals surface area contributed by atoms with Gasteiger partial charge in [0.25, 0.3) is 0 Å². The molecule has 0 aromatic heterocycles. The van der Waals surface area contributed by atoms with E-state index in [9.17, 15) is 9.59 Å². The number of rotatable bonds is 8. The zero-order valence-corrected chi connectivity index (χ0v) is 15.6. The van der Waals surface area contributed by atoms with Crippen LogP contribution in [-0.2, 0) is 22.6 Å². The Labute approximate surface area is 160 Å². The molecule has 5 nitrogen and oxygen atoms in total. The van der Waals surface area contributed by atoms with E-state index in [4.69, 9.17) is 4.74 Å². The maximum atomic E-state index is 12.7. The minimum absolute atomic E-state index is 0.123. The number of hydrogen-bond donors (Lipinski definition) is 2. The molecule has 1 fully saturated rings. The molecule has 2 amide bonds. The van der Waals surface area contributed by atoms with Crippen LogP contribution in [0.15, 0.2) is 60.7 Å². The Morgan fingerprint density at radius 1 is 0.963 bits per heavy atom. The largest absolute Gasteiger partial charge is 0.445 e. The van der Waals surface area contributed by atoms with E-state index < -0.39 is 12.1 Å². The van der Waals surface area contributed by atoms with Crippen molar-refractivity contribution in [3.63, 3.8) is 0 Å². The van der Waals surface area contributed by atoms with Crippen LogP contribution in [0.3, 0.4) is 0 Å². The second-order valence-electron chi connectivity index (χ2n) is 7.08. The molecular formula is C22H26N2O3. The topological polar surface area (TPSA) is 67.4 Å². The molecule has 27 heavy (non-hydrogen) atoms. The molecule has 0 heterocycles. The molecule has 2 aromatic rings. The summed E-state index contributed by atoms with van der Waals surface area (Å²) in [5.41, 5.74) is 1.89. The third-order valence-electron chi connectivity index (χ3n) is 4.80. The SMILES string of the molecule is CC(NC(=O)C(Cc1ccccc1)NC(=O)OCc1ccccc1)C1CC1. The minimum atomic E-state index is -0.670. The number of hydrogen-bond acceptors (Lipinski definition) is 3. The van der Waals surface area contributed by atoms with Crippen LogP contribution in [0.4, 0.5) is 4.79 Å². The van der Waals surface area contributed by atoms with Crippen molar-refractivity contribution in [2.75, 3.05) is 0 Å². The lowest BCUT2D eigenvalue weighted by Crippen LogP contribution is -2.50. The molecule has 3 rings (SSSR count). The van der Waals surface area contributed by atoms with Crippen LogP contribution in [0.2, 0.25) is 0 Å². The van der Waals surface area contributed by atoms with Crippen LogP contribution >= 0.6 is 0 Å². The predicted molar refractivity (Wildman–Crippen MR) is 104 cm³/mol. The summed E-state index contributed by atoms with van der Waals surface area (Å²) in [5, 5.41) is 5.76. The number of carbonyl (C=O) groups is 2. The van der Waals surface area contributed by atoms with Gasteiger partial charge in [0.1, 0.15) is 12.6 Å². The van der Waals surface area contributed by atoms with E-state index >= 15 is 0 Å². The van der Waals surface area contributed by atoms with Crippen molar-refractivity contribution < 1.29 is 14.3 Å². The van der Waals surface area contributed by atoms with Gasteiger partial charge >= 0.3 is 6.09 Å². The maximum absolute atomic E-state index is 12.7. The Balaban J connectivity index is 1.59. The van der Waals surface area contributed by atoms with E-state index in [2.05, 4.69) is 10.6 Å². The summed E-state index contributed by atoms with van der Waals surface area (Å²) in [4.78, 5) is 25.0. The Kier molecular flexibility index (Phi) is 6.47. The zero-order valence-electron chi connectivity index (χ0n) is 15.6. The molecule has 0 radical (unpaired) electrons. The van der Waals surface area contributed by atoms with E-state index in [1.165, 1.54) is 0 Å². The highest BCUT2D eigenvalue weighted by Gasteiger charge is 2.31. The van der Waals surface area contributed by atoms with Gasteiger partial charge in [-0.05, 0) is 36.8 Å². The third-order valence-corrected chi connectivity index (χ3v) is 4.80. The molecule has 0 saturated heterocycles. The Bertz CT molecular complexity index is 745. The van der Waals surface area contributed by atoms with Crippen LogP contribution in [0.5, 0.6) is 0 Å². The van der Waals surface area contributed by atoms with Crippen LogP contribution in [0, 0.1) is 5.92 Å². The van der Waals surface area contributed by atoms with Crippen LogP contribution in [0.25, 0.3) is 0 Å². The van der Waals surface area contributed by atoms with Gasteiger partial charge in [0, 0.05) is 12.5 Å². The number of ether oxygens (including phenoxy) is 1. The lowest BCUT2D eigenvalue weighted by molar-refractivity contribution is -0.123. The molecule has 142 valence electrons. The highest BCUT2D eigenvalue weighted by atomic mass is 16.5. The Morgan fingerprint density at radius 2 is 1.56 bits per heavy atom. The number of alkyl carbamates (subject to hydrolysis) is 1. The van der Waals surface area contributed by atoms with Crippen molar-refractivity contribution in [1.29, 1.82) is 0 Å². The Morgan fingerprint density at radius 3 is 2.15 bits per heavy atom. The fourth-order valence-electron chi connectivity index (χ4n) is 3.01. The standard InChI is InChI=1S/C22H26N2O3/c1-16(19-12-13-19)23-21(25)20(14-17-8-4-2-5-9-17)24-22(26)27-15-18-10-6-3-7-11-18/h2-11,16,19-20H,12-15H2,1H3,(H,23,25)(H,24,26). The quantitative estimate of drug-likeness (QED) is 0.752. The van der Waals surface area contributed by atoms with Gasteiger partial charge in [-0.15, -0.1) is 0 Å². The monoisotopic (exact) mass is 366 g/mol. The van der Waals surface area contributed by atoms with Crippen molar-refractivity contribution in [1.82, 2.24) is 10.6 Å². The maximum Gasteiger partial charge on any atom is 0.408 e. The lowest BCUT2D eigenvalue weighted by Gasteiger charge is -2.21. The summed E-state index contributed by atoms with van der Waals surface area (Å²) in [6, 6.07) is 18.6. The second kappa shape index (κ2) is 9.21. The highest BCUT2D eigenvalue weighted by molar-refractivity contribution is 5.86. The van der Waals surface area contributed by atoms with Crippen molar-refractivity contribution in [3.05, 3.63) is 71.8 Å². The normalized spacial score (nSPS) is 15.4. The average Bonchev–Trinajstić information content (AvgIpc) is 3.53. The molecule has 0 aliphatic heterocycles. The van der Waals surface area contributed by atoms with Crippen LogP contribution < -0.4 is 10.6 Å². The molecule has 1 aliphatic rings. The molecule has 0 spiro atoms. The molecule has 2 unspecified atom stereocenters. The fourth-order valence-corrected chi connectivity index (χ4v) is 3.01. The van der Waals surface area contributed by atoms with E-state index in [-0.39, 0.29) is 18.6 Å². The molecule has 1 saturated carbocycles. The molecule has 1 aliphatic carbocycles. The number of benzene rings is 2. The van der Waals surface area contributed by atoms with Crippen molar-refractivity contribution in [2.45, 2.75) is 44.9 Å². The molecule has 5 heteroatoms. The fraction of sp³-hybridized carbons (Fsp3) is 0.364. The first kappa shape index (κ1) is 19.0. The average molecular weight is 366 g/mol. The second-order valence-corrected chi connectivity index (χ2v) is 7.08. The summed E-state index contributed by atoms with van der Waals surface area (Å²) < 4.78 is 5.28. The van der Waals surface area contributed by atoms with E-state index in [1.54, 1.807) is 0 Å². The molecule has 2 atom stereocenters. The van der Waals surface area contributed by atoms with Gasteiger partial charge in [0.05, 0.1) is 0 Å². The van der Waals surface area contributed by atoms with Gasteiger partial charge in [-0.1, -0.05) is 60.7 Å². The summed E-state index contributed by atoms with van der Waals surface area (Å²) in [5.74, 6) is 0.381. The predicted octanol–water partition coefficient (Wildman–Crippen LogP) is 3.44. The summed E-state index contributed by atoms with van der Waals surface area (Å²) >= 11 is 0. The molecule has 0 bridgehead atoms. The van der Waals surface area contributed by atoms with E-state index in [1.807, 2.05) is 67.6 Å². The number of nitrogens with one attached hydrogen (secondary N) is 2. The lowest BCUT2D eigenvalue weighted by atomic mass is 10.0. The van der Waals surface area contributed by atoms with Gasteiger partial charge < -0.3 is 15.4 Å². The van der Waals surface area contributed by atoms with Crippen LogP contribution in [0.1, 0.15) is 30.9 Å². The Hall–Kier alpha value is -2.82. The molecule has 2 N–H and O–H groups in total. The van der Waals surface area contributed by atoms with Crippen molar-refractivity contribution in [2.24, 2.45) is 5.92 Å². The highest BCUT2D eigenvalue weighted by Crippen LogP contribution is 2.32. The summed E-state index contributed by atoms with van der Waals surface area (Å²) in [6.07, 6.45) is 2.13. The minimum Gasteiger partial charge on any atom is -0.445 e. The summed E-state index contributed by atoms with van der Waals surface area (Å²) in [7, 11) is 0.